The molecule has 4 aliphatic rings. The Morgan fingerprint density at radius 1 is 1.27 bits per heavy atom. The third-order valence-corrected chi connectivity index (χ3v) is 11.5. The van der Waals surface area contributed by atoms with Crippen LogP contribution in [0.5, 0.6) is 0 Å². The van der Waals surface area contributed by atoms with E-state index in [0.717, 1.165) is 16.3 Å². The van der Waals surface area contributed by atoms with Gasteiger partial charge in [0.2, 0.25) is 11.4 Å². The minimum Gasteiger partial charge on any atom is -0.457 e. The molecule has 40 heavy (non-hydrogen) atoms. The molecule has 0 radical (unpaired) electrons. The molecule has 0 saturated heterocycles. The lowest BCUT2D eigenvalue weighted by Crippen LogP contribution is -2.52. The zero-order chi connectivity index (χ0) is 29.2. The van der Waals surface area contributed by atoms with Gasteiger partial charge < -0.3 is 31.2 Å². The Morgan fingerprint density at radius 2 is 2.00 bits per heavy atom. The molecule has 0 saturated carbocycles. The van der Waals surface area contributed by atoms with Crippen LogP contribution >= 0.6 is 0 Å². The molecular formula is C27H31F3N4O5Si. The van der Waals surface area contributed by atoms with Crippen molar-refractivity contribution in [3.8, 4) is 0 Å². The van der Waals surface area contributed by atoms with Crippen molar-refractivity contribution in [1.82, 2.24) is 10.2 Å². The summed E-state index contributed by atoms with van der Waals surface area (Å²) in [5.41, 5.74) is 13.5. The highest BCUT2D eigenvalue weighted by Gasteiger charge is 2.54. The minimum absolute atomic E-state index is 0.0102. The molecule has 1 aromatic rings. The summed E-state index contributed by atoms with van der Waals surface area (Å²) in [6, 6.07) is 3.56. The Hall–Kier alpha value is -3.58. The number of nitrogens with zero attached hydrogens (tertiary/aromatic N) is 1. The smallest absolute Gasteiger partial charge is 0.388 e. The number of hydrogen-bond acceptors (Lipinski definition) is 9. The van der Waals surface area contributed by atoms with E-state index in [-0.39, 0.29) is 43.4 Å². The summed E-state index contributed by atoms with van der Waals surface area (Å²) in [5, 5.41) is 4.11. The topological polar surface area (TPSA) is 137 Å². The van der Waals surface area contributed by atoms with Crippen molar-refractivity contribution in [2.75, 3.05) is 18.9 Å². The Kier molecular flexibility index (Phi) is 6.65. The number of nitrogens with two attached hydrogens (primary N) is 2. The summed E-state index contributed by atoms with van der Waals surface area (Å²) >= 11 is 0. The lowest BCUT2D eigenvalue weighted by Gasteiger charge is -2.39. The number of esters is 2. The van der Waals surface area contributed by atoms with Gasteiger partial charge in [0.1, 0.15) is 18.1 Å². The summed E-state index contributed by atoms with van der Waals surface area (Å²) < 4.78 is 50.2. The van der Waals surface area contributed by atoms with Crippen LogP contribution in [0.15, 0.2) is 40.5 Å². The van der Waals surface area contributed by atoms with Gasteiger partial charge in [0.25, 0.3) is 0 Å². The van der Waals surface area contributed by atoms with Crippen molar-refractivity contribution in [3.05, 3.63) is 51.6 Å². The third-order valence-electron chi connectivity index (χ3n) is 8.13. The van der Waals surface area contributed by atoms with Crippen LogP contribution in [0, 0.1) is 0 Å². The zero-order valence-corrected chi connectivity index (χ0v) is 23.5. The van der Waals surface area contributed by atoms with Crippen LogP contribution in [-0.2, 0) is 30.4 Å². The third kappa shape index (κ3) is 4.50. The Bertz CT molecular complexity index is 1430. The van der Waals surface area contributed by atoms with Crippen LogP contribution in [-0.4, -0.2) is 55.6 Å². The van der Waals surface area contributed by atoms with E-state index in [2.05, 4.69) is 5.32 Å². The van der Waals surface area contributed by atoms with Gasteiger partial charge >= 0.3 is 18.1 Å². The number of carbonyl (C=O) groups excluding carboxylic acids is 3. The molecule has 214 valence electrons. The van der Waals surface area contributed by atoms with E-state index in [4.69, 9.17) is 20.9 Å². The fourth-order valence-corrected chi connectivity index (χ4v) is 8.78. The summed E-state index contributed by atoms with van der Waals surface area (Å²) in [6.07, 6.45) is -3.10. The first kappa shape index (κ1) is 28.0. The predicted octanol–water partition coefficient (Wildman–Crippen LogP) is 2.54. The average Bonchev–Trinajstić information content (AvgIpc) is 3.24. The van der Waals surface area contributed by atoms with Gasteiger partial charge in [-0.25, -0.2) is 4.79 Å². The lowest BCUT2D eigenvalue weighted by molar-refractivity contribution is -0.179. The van der Waals surface area contributed by atoms with Gasteiger partial charge in [-0.15, -0.1) is 0 Å². The highest BCUT2D eigenvalue weighted by Crippen LogP contribution is 2.46. The highest BCUT2D eigenvalue weighted by atomic mass is 28.3. The number of benzene rings is 1. The largest absolute Gasteiger partial charge is 0.457 e. The number of nitrogen functional groups attached to an aromatic ring is 1. The molecule has 0 spiro atoms. The molecule has 0 bridgehead atoms. The number of allylic oxidation sites excluding steroid dienone is 2. The van der Waals surface area contributed by atoms with E-state index in [1.807, 2.05) is 24.1 Å². The molecule has 9 nitrogen and oxygen atoms in total. The molecular weight excluding hydrogens is 545 g/mol. The van der Waals surface area contributed by atoms with E-state index in [9.17, 15) is 27.6 Å². The molecule has 5 rings (SSSR count). The summed E-state index contributed by atoms with van der Waals surface area (Å²) in [7, 11) is -2.59. The van der Waals surface area contributed by atoms with Crippen molar-refractivity contribution in [2.24, 2.45) is 5.73 Å². The number of carbonyl (C=O) groups is 3. The second-order valence-electron chi connectivity index (χ2n) is 11.1. The second kappa shape index (κ2) is 9.51. The fourth-order valence-electron chi connectivity index (χ4n) is 6.00. The summed E-state index contributed by atoms with van der Waals surface area (Å²) in [5.74, 6) is -1.29. The van der Waals surface area contributed by atoms with Gasteiger partial charge in [-0.3, -0.25) is 9.59 Å². The lowest BCUT2D eigenvalue weighted by atomic mass is 9.78. The van der Waals surface area contributed by atoms with Gasteiger partial charge in [-0.05, 0) is 41.8 Å². The molecule has 3 aliphatic heterocycles. The highest BCUT2D eigenvalue weighted by molar-refractivity contribution is 6.90. The number of cyclic esters (lactones) is 1. The van der Waals surface area contributed by atoms with Gasteiger partial charge in [-0.2, -0.15) is 13.2 Å². The van der Waals surface area contributed by atoms with Crippen LogP contribution in [0.25, 0.3) is 6.08 Å². The summed E-state index contributed by atoms with van der Waals surface area (Å²) in [6.45, 7) is 5.02. The first-order valence-electron chi connectivity index (χ1n) is 13.1. The number of hydrogen-bond donors (Lipinski definition) is 3. The number of rotatable bonds is 6. The second-order valence-corrected chi connectivity index (χ2v) is 15.9. The molecule has 1 aromatic carbocycles. The maximum absolute atomic E-state index is 13.9. The Morgan fingerprint density at radius 3 is 2.65 bits per heavy atom. The van der Waals surface area contributed by atoms with Crippen molar-refractivity contribution in [3.63, 3.8) is 0 Å². The number of nitrogens with one attached hydrogen (secondary N) is 1. The van der Waals surface area contributed by atoms with Crippen LogP contribution in [0.1, 0.15) is 37.3 Å². The molecule has 0 aromatic heterocycles. The van der Waals surface area contributed by atoms with Crippen molar-refractivity contribution in [1.29, 1.82) is 0 Å². The van der Waals surface area contributed by atoms with Crippen molar-refractivity contribution >= 4 is 42.7 Å². The number of halogens is 3. The molecule has 13 heteroatoms. The normalized spacial score (nSPS) is 22.2. The van der Waals surface area contributed by atoms with Gasteiger partial charge in [0.05, 0.1) is 21.2 Å². The van der Waals surface area contributed by atoms with Gasteiger partial charge in [-0.1, -0.05) is 25.2 Å². The number of ketones is 1. The van der Waals surface area contributed by atoms with E-state index in [1.54, 1.807) is 19.1 Å². The first-order chi connectivity index (χ1) is 18.7. The molecule has 1 aliphatic carbocycles. The van der Waals surface area contributed by atoms with Crippen molar-refractivity contribution < 1.29 is 37.0 Å². The molecule has 5 N–H and O–H groups in total. The molecule has 1 atom stereocenters. The van der Waals surface area contributed by atoms with E-state index in [1.165, 1.54) is 0 Å². The van der Waals surface area contributed by atoms with Crippen LogP contribution in [0.4, 0.5) is 18.9 Å². The minimum atomic E-state index is -4.26. The SMILES string of the molecule is CCC1(OC(=O)CN)C(=O)OCC2=C1CC1=C(C2=O)N2Cc3c(cc(N)cc3[Si](C)(C)CCC(F)(F)F)C=C2N1. The maximum Gasteiger partial charge on any atom is 0.388 e. The predicted molar refractivity (Wildman–Crippen MR) is 143 cm³/mol. The molecule has 3 heterocycles. The number of Topliss-reactive ketones (excluding diaryl/α,β-unsaturated/α-hetero) is 1. The van der Waals surface area contributed by atoms with Gasteiger partial charge in [0.15, 0.2) is 0 Å². The number of anilines is 1. The van der Waals surface area contributed by atoms with E-state index < -0.39 is 44.8 Å². The van der Waals surface area contributed by atoms with Crippen LogP contribution in [0.2, 0.25) is 19.1 Å². The fraction of sp³-hybridized carbons (Fsp3) is 0.444. The Balaban J connectivity index is 1.52. The quantitative estimate of drug-likeness (QED) is 0.265. The van der Waals surface area contributed by atoms with E-state index in [0.29, 0.717) is 28.5 Å². The van der Waals surface area contributed by atoms with Crippen LogP contribution in [0.3, 0.4) is 0 Å². The number of fused-ring (bicyclic) bond motifs is 3. The zero-order valence-electron chi connectivity index (χ0n) is 22.5. The Labute approximate surface area is 230 Å². The summed E-state index contributed by atoms with van der Waals surface area (Å²) in [4.78, 5) is 40.8. The maximum atomic E-state index is 13.9. The number of alkyl halides is 3. The molecule has 1 unspecified atom stereocenters. The van der Waals surface area contributed by atoms with Gasteiger partial charge in [0, 0.05) is 35.4 Å². The monoisotopic (exact) mass is 576 g/mol. The number of ether oxygens (including phenoxy) is 2. The molecule has 0 fully saturated rings. The van der Waals surface area contributed by atoms with Crippen LogP contribution < -0.4 is 22.0 Å². The standard InChI is InChI=1S/C27H31F3N4O5Si/c1-4-26(39-22(35)11-31)18-10-19-23(24(36)17(18)13-38-25(26)37)34-12-16-14(8-21(34)33-19)7-15(32)9-20(16)40(2,3)6-5-27(28,29)30/h7-9,33H,4-6,10-13,31-32H2,1-3H3. The van der Waals surface area contributed by atoms with E-state index >= 15 is 0 Å². The molecule has 0 amide bonds. The average molecular weight is 577 g/mol. The van der Waals surface area contributed by atoms with Crippen molar-refractivity contribution in [2.45, 2.75) is 63.6 Å². The first-order valence-corrected chi connectivity index (χ1v) is 16.3.